The number of β-amino-alcohol motifs (C(OH)–C–C–N with tert-alkyl or cyclic N) is 1. The molecule has 0 aliphatic carbocycles. The fourth-order valence-electron chi connectivity index (χ4n) is 3.24. The lowest BCUT2D eigenvalue weighted by molar-refractivity contribution is -0.126. The number of piperazine rings is 1. The first kappa shape index (κ1) is 16.6. The number of hydrogen-bond acceptors (Lipinski definition) is 5. The van der Waals surface area contributed by atoms with Gasteiger partial charge in [0.25, 0.3) is 0 Å². The lowest BCUT2D eigenvalue weighted by atomic mass is 10.0. The second kappa shape index (κ2) is 7.13. The Balaban J connectivity index is 1.51. The van der Waals surface area contributed by atoms with E-state index < -0.39 is 5.60 Å². The molecule has 1 atom stereocenters. The topological polar surface area (TPSA) is 47.0 Å². The molecule has 5 nitrogen and oxygen atoms in total. The van der Waals surface area contributed by atoms with Crippen molar-refractivity contribution in [2.24, 2.45) is 0 Å². The third-order valence-electron chi connectivity index (χ3n) is 4.69. The van der Waals surface area contributed by atoms with Gasteiger partial charge in [-0.3, -0.25) is 9.69 Å². The van der Waals surface area contributed by atoms with Crippen LogP contribution < -0.4 is 0 Å². The van der Waals surface area contributed by atoms with Crippen molar-refractivity contribution >= 4 is 23.3 Å². The maximum Gasteiger partial charge on any atom is 0.246 e. The minimum atomic E-state index is -0.762. The Morgan fingerprint density at radius 1 is 1.35 bits per heavy atom. The zero-order valence-corrected chi connectivity index (χ0v) is 14.5. The largest absolute Gasteiger partial charge is 0.387 e. The summed E-state index contributed by atoms with van der Waals surface area (Å²) in [6, 6.07) is 3.96. The van der Waals surface area contributed by atoms with Crippen molar-refractivity contribution < 1.29 is 9.90 Å². The molecule has 2 aliphatic heterocycles. The Kier molecular flexibility index (Phi) is 5.16. The van der Waals surface area contributed by atoms with Crippen LogP contribution in [0.15, 0.2) is 23.6 Å². The van der Waals surface area contributed by atoms with E-state index in [1.165, 1.54) is 0 Å². The van der Waals surface area contributed by atoms with E-state index in [0.717, 1.165) is 31.1 Å². The molecule has 1 aromatic heterocycles. The first-order valence-electron chi connectivity index (χ1n) is 8.18. The van der Waals surface area contributed by atoms with Gasteiger partial charge in [0, 0.05) is 50.2 Å². The Hall–Kier alpha value is -1.21. The van der Waals surface area contributed by atoms with Crippen molar-refractivity contribution in [1.82, 2.24) is 14.7 Å². The van der Waals surface area contributed by atoms with Crippen molar-refractivity contribution in [3.05, 3.63) is 28.5 Å². The highest BCUT2D eigenvalue weighted by Crippen LogP contribution is 2.23. The van der Waals surface area contributed by atoms with E-state index in [1.54, 1.807) is 22.3 Å². The predicted molar refractivity (Wildman–Crippen MR) is 93.4 cm³/mol. The van der Waals surface area contributed by atoms with Gasteiger partial charge in [-0.1, -0.05) is 6.07 Å². The first-order valence-corrected chi connectivity index (χ1v) is 9.06. The van der Waals surface area contributed by atoms with Crippen LogP contribution >= 0.6 is 11.3 Å². The Bertz CT molecular complexity index is 552. The molecule has 2 fully saturated rings. The van der Waals surface area contributed by atoms with Gasteiger partial charge in [0.1, 0.15) is 0 Å². The van der Waals surface area contributed by atoms with Crippen LogP contribution in [-0.2, 0) is 4.79 Å². The van der Waals surface area contributed by atoms with Crippen LogP contribution in [0.1, 0.15) is 11.3 Å². The number of thiophene rings is 1. The number of aliphatic hydroxyl groups is 1. The molecule has 6 heteroatoms. The molecule has 3 heterocycles. The fraction of sp³-hybridized carbons (Fsp3) is 0.588. The van der Waals surface area contributed by atoms with Crippen LogP contribution in [0.4, 0.5) is 0 Å². The van der Waals surface area contributed by atoms with Crippen LogP contribution in [0.3, 0.4) is 0 Å². The molecular formula is C17H25N3O2S. The van der Waals surface area contributed by atoms with Crippen molar-refractivity contribution in [3.63, 3.8) is 0 Å². The van der Waals surface area contributed by atoms with E-state index in [4.69, 9.17) is 0 Å². The van der Waals surface area contributed by atoms with Crippen molar-refractivity contribution in [1.29, 1.82) is 0 Å². The van der Waals surface area contributed by atoms with Crippen molar-refractivity contribution in [2.75, 3.05) is 52.9 Å². The Labute approximate surface area is 141 Å². The summed E-state index contributed by atoms with van der Waals surface area (Å²) in [7, 11) is 2.13. The highest BCUT2D eigenvalue weighted by Gasteiger charge is 2.39. The van der Waals surface area contributed by atoms with Crippen LogP contribution in [0.5, 0.6) is 0 Å². The van der Waals surface area contributed by atoms with Gasteiger partial charge in [-0.15, -0.1) is 11.3 Å². The van der Waals surface area contributed by atoms with Crippen LogP contribution in [0.2, 0.25) is 0 Å². The zero-order chi connectivity index (χ0) is 16.3. The van der Waals surface area contributed by atoms with Crippen LogP contribution in [0.25, 0.3) is 6.08 Å². The van der Waals surface area contributed by atoms with Crippen LogP contribution in [-0.4, -0.2) is 84.2 Å². The number of carbonyl (C=O) groups excluding carboxylic acids is 1. The van der Waals surface area contributed by atoms with Gasteiger partial charge in [-0.2, -0.15) is 0 Å². The average Bonchev–Trinajstić information content (AvgIpc) is 3.17. The molecule has 0 radical (unpaired) electrons. The molecule has 1 aromatic rings. The van der Waals surface area contributed by atoms with Gasteiger partial charge in [0.2, 0.25) is 5.91 Å². The highest BCUT2D eigenvalue weighted by molar-refractivity contribution is 7.10. The summed E-state index contributed by atoms with van der Waals surface area (Å²) < 4.78 is 0. The number of rotatable bonds is 4. The summed E-state index contributed by atoms with van der Waals surface area (Å²) in [5.74, 6) is -0.00676. The summed E-state index contributed by atoms with van der Waals surface area (Å²) in [5.41, 5.74) is -0.762. The summed E-state index contributed by atoms with van der Waals surface area (Å²) in [4.78, 5) is 19.7. The van der Waals surface area contributed by atoms with Crippen molar-refractivity contribution in [3.8, 4) is 0 Å². The van der Waals surface area contributed by atoms with Gasteiger partial charge in [0.05, 0.1) is 12.1 Å². The first-order chi connectivity index (χ1) is 11.0. The molecule has 2 aliphatic rings. The predicted octanol–water partition coefficient (Wildman–Crippen LogP) is 0.972. The van der Waals surface area contributed by atoms with E-state index >= 15 is 0 Å². The molecule has 0 aromatic carbocycles. The monoisotopic (exact) mass is 335 g/mol. The number of likely N-dealkylation sites (N-methyl/N-ethyl adjacent to an activating group) is 1. The van der Waals surface area contributed by atoms with Crippen LogP contribution in [0, 0.1) is 0 Å². The summed E-state index contributed by atoms with van der Waals surface area (Å²) in [6.07, 6.45) is 4.14. The molecule has 23 heavy (non-hydrogen) atoms. The van der Waals surface area contributed by atoms with E-state index in [9.17, 15) is 9.90 Å². The SMILES string of the molecule is CN1CCN(C[C@@]2(O)CCN(C(=O)/C=C/c3cccs3)C2)CC1. The smallest absolute Gasteiger partial charge is 0.246 e. The van der Waals surface area contributed by atoms with Crippen molar-refractivity contribution in [2.45, 2.75) is 12.0 Å². The van der Waals surface area contributed by atoms with Gasteiger partial charge in [-0.25, -0.2) is 0 Å². The molecule has 2 saturated heterocycles. The molecule has 0 unspecified atom stereocenters. The maximum atomic E-state index is 12.3. The van der Waals surface area contributed by atoms with E-state index in [1.807, 2.05) is 23.6 Å². The zero-order valence-electron chi connectivity index (χ0n) is 13.6. The second-order valence-corrected chi connectivity index (χ2v) is 7.64. The van der Waals surface area contributed by atoms with Gasteiger partial charge >= 0.3 is 0 Å². The van der Waals surface area contributed by atoms with Gasteiger partial charge in [0.15, 0.2) is 0 Å². The molecule has 1 N–H and O–H groups in total. The lowest BCUT2D eigenvalue weighted by Crippen LogP contribution is -2.52. The van der Waals surface area contributed by atoms with Gasteiger partial charge in [-0.05, 0) is 31.0 Å². The third-order valence-corrected chi connectivity index (χ3v) is 5.53. The van der Waals surface area contributed by atoms with E-state index in [0.29, 0.717) is 26.1 Å². The Morgan fingerprint density at radius 3 is 2.83 bits per heavy atom. The third kappa shape index (κ3) is 4.41. The second-order valence-electron chi connectivity index (χ2n) is 6.66. The normalized spacial score (nSPS) is 27.1. The quantitative estimate of drug-likeness (QED) is 0.833. The number of likely N-dealkylation sites (tertiary alicyclic amines) is 1. The number of amides is 1. The van der Waals surface area contributed by atoms with Gasteiger partial charge < -0.3 is 14.9 Å². The number of nitrogens with zero attached hydrogens (tertiary/aromatic N) is 3. The molecule has 0 saturated carbocycles. The highest BCUT2D eigenvalue weighted by atomic mass is 32.1. The summed E-state index contributed by atoms with van der Waals surface area (Å²) in [6.45, 7) is 5.81. The molecule has 0 spiro atoms. The van der Waals surface area contributed by atoms with E-state index in [-0.39, 0.29) is 5.91 Å². The molecule has 3 rings (SSSR count). The fourth-order valence-corrected chi connectivity index (χ4v) is 3.86. The molecule has 0 bridgehead atoms. The Morgan fingerprint density at radius 2 is 2.13 bits per heavy atom. The molecule has 1 amide bonds. The average molecular weight is 335 g/mol. The molecule has 126 valence electrons. The minimum absolute atomic E-state index is 0.00676. The molecular weight excluding hydrogens is 310 g/mol. The maximum absolute atomic E-state index is 12.3. The lowest BCUT2D eigenvalue weighted by Gasteiger charge is -2.36. The number of carbonyl (C=O) groups is 1. The van der Waals surface area contributed by atoms with E-state index in [2.05, 4.69) is 16.8 Å². The summed E-state index contributed by atoms with van der Waals surface area (Å²) in [5, 5.41) is 12.8. The minimum Gasteiger partial charge on any atom is -0.387 e. The standard InChI is InChI=1S/C17H25N3O2S/c1-18-8-10-19(11-9-18)13-17(22)6-7-20(14-17)16(21)5-4-15-3-2-12-23-15/h2-5,12,22H,6-11,13-14H2,1H3/b5-4+/t17-/m0/s1. The summed E-state index contributed by atoms with van der Waals surface area (Å²) >= 11 is 1.61. The number of hydrogen-bond donors (Lipinski definition) is 1.